The van der Waals surface area contributed by atoms with Crippen molar-refractivity contribution >= 4 is 30.0 Å². The highest BCUT2D eigenvalue weighted by molar-refractivity contribution is 6.30. The van der Waals surface area contributed by atoms with Crippen molar-refractivity contribution in [1.82, 2.24) is 25.2 Å². The van der Waals surface area contributed by atoms with Gasteiger partial charge in [-0.15, -0.1) is 22.6 Å². The third-order valence-corrected chi connectivity index (χ3v) is 3.66. The molecule has 2 aromatic heterocycles. The Kier molecular flexibility index (Phi) is 7.37. The van der Waals surface area contributed by atoms with Crippen LogP contribution in [0, 0.1) is 11.6 Å². The van der Waals surface area contributed by atoms with Crippen LogP contribution in [0.4, 0.5) is 8.78 Å². The molecule has 0 aliphatic rings. The molecular formula is C16H14Cl2F2N6O3. The number of tetrazole rings is 1. The van der Waals surface area contributed by atoms with E-state index in [1.165, 1.54) is 18.3 Å². The lowest BCUT2D eigenvalue weighted by Crippen LogP contribution is -2.30. The Bertz CT molecular complexity index is 1020. The van der Waals surface area contributed by atoms with Crippen molar-refractivity contribution in [2.75, 3.05) is 0 Å². The first-order valence-electron chi connectivity index (χ1n) is 7.86. The summed E-state index contributed by atoms with van der Waals surface area (Å²) in [6, 6.07) is 4.09. The molecule has 0 aliphatic carbocycles. The minimum absolute atomic E-state index is 0. The summed E-state index contributed by atoms with van der Waals surface area (Å²) < 4.78 is 33.2. The molecule has 13 heteroatoms. The lowest BCUT2D eigenvalue weighted by Gasteiger charge is -2.07. The van der Waals surface area contributed by atoms with Crippen LogP contribution >= 0.6 is 24.0 Å². The molecule has 0 amide bonds. The molecule has 1 unspecified atom stereocenters. The zero-order chi connectivity index (χ0) is 20.3. The van der Waals surface area contributed by atoms with Gasteiger partial charge in [-0.1, -0.05) is 11.6 Å². The predicted octanol–water partition coefficient (Wildman–Crippen LogP) is 2.68. The molecule has 29 heavy (non-hydrogen) atoms. The van der Waals surface area contributed by atoms with Crippen LogP contribution in [0.15, 0.2) is 30.5 Å². The zero-order valence-corrected chi connectivity index (χ0v) is 16.1. The molecule has 0 bridgehead atoms. The van der Waals surface area contributed by atoms with Gasteiger partial charge in [0.05, 0.1) is 18.0 Å². The molecule has 0 radical (unpaired) electrons. The Morgan fingerprint density at radius 2 is 2.07 bits per heavy atom. The number of carboxylic acid groups (broad SMARTS) is 1. The predicted molar refractivity (Wildman–Crippen MR) is 100.0 cm³/mol. The summed E-state index contributed by atoms with van der Waals surface area (Å²) in [5, 5.41) is 20.4. The molecule has 0 saturated carbocycles. The van der Waals surface area contributed by atoms with Gasteiger partial charge < -0.3 is 15.6 Å². The lowest BCUT2D eigenvalue weighted by molar-refractivity contribution is -0.137. The highest BCUT2D eigenvalue weighted by Gasteiger charge is 2.15. The highest BCUT2D eigenvalue weighted by Crippen LogP contribution is 2.28. The standard InChI is InChI=1S/C16H13ClF2N6O3.ClH/c17-9-4-12(19)16(21-6-9)28-13-2-1-8(3-11(13)18)15-22-24-25(23-15)7-10(20)5-14(26)27;/h1-4,6,10H,5,7,20H2,(H,26,27);1H. The van der Waals surface area contributed by atoms with Crippen molar-refractivity contribution in [2.45, 2.75) is 19.0 Å². The number of nitrogens with two attached hydrogens (primary N) is 1. The third-order valence-electron chi connectivity index (χ3n) is 3.46. The van der Waals surface area contributed by atoms with Gasteiger partial charge in [0.1, 0.15) is 0 Å². The summed E-state index contributed by atoms with van der Waals surface area (Å²) in [5.74, 6) is -3.26. The van der Waals surface area contributed by atoms with Crippen molar-refractivity contribution in [2.24, 2.45) is 5.73 Å². The normalized spacial score (nSPS) is 11.6. The van der Waals surface area contributed by atoms with Gasteiger partial charge in [-0.25, -0.2) is 13.8 Å². The van der Waals surface area contributed by atoms with Crippen LogP contribution < -0.4 is 10.5 Å². The summed E-state index contributed by atoms with van der Waals surface area (Å²) >= 11 is 5.61. The van der Waals surface area contributed by atoms with Crippen molar-refractivity contribution in [3.05, 3.63) is 47.1 Å². The minimum Gasteiger partial charge on any atom is -0.481 e. The number of nitrogens with zero attached hydrogens (tertiary/aromatic N) is 5. The van der Waals surface area contributed by atoms with Crippen molar-refractivity contribution < 1.29 is 23.4 Å². The van der Waals surface area contributed by atoms with E-state index in [-0.39, 0.29) is 47.5 Å². The van der Waals surface area contributed by atoms with Crippen molar-refractivity contribution in [1.29, 1.82) is 0 Å². The quantitative estimate of drug-likeness (QED) is 0.566. The monoisotopic (exact) mass is 446 g/mol. The molecule has 154 valence electrons. The fourth-order valence-corrected chi connectivity index (χ4v) is 2.38. The number of pyridine rings is 1. The smallest absolute Gasteiger partial charge is 0.304 e. The number of hydrogen-bond donors (Lipinski definition) is 2. The van der Waals surface area contributed by atoms with Crippen LogP contribution in [-0.2, 0) is 11.3 Å². The summed E-state index contributed by atoms with van der Waals surface area (Å²) in [6.07, 6.45) is 0.913. The Hall–Kier alpha value is -2.89. The maximum Gasteiger partial charge on any atom is 0.304 e. The maximum atomic E-state index is 14.3. The molecule has 0 fully saturated rings. The van der Waals surface area contributed by atoms with Crippen LogP contribution in [0.1, 0.15) is 6.42 Å². The molecule has 1 aromatic carbocycles. The van der Waals surface area contributed by atoms with Crippen LogP contribution in [0.2, 0.25) is 5.02 Å². The van der Waals surface area contributed by atoms with E-state index in [2.05, 4.69) is 20.4 Å². The maximum absolute atomic E-state index is 14.3. The van der Waals surface area contributed by atoms with Gasteiger partial charge in [-0.2, -0.15) is 4.80 Å². The van der Waals surface area contributed by atoms with Crippen molar-refractivity contribution in [3.63, 3.8) is 0 Å². The average molecular weight is 447 g/mol. The van der Waals surface area contributed by atoms with E-state index in [0.29, 0.717) is 0 Å². The fourth-order valence-electron chi connectivity index (χ4n) is 2.24. The Morgan fingerprint density at radius 1 is 1.31 bits per heavy atom. The van der Waals surface area contributed by atoms with E-state index < -0.39 is 29.5 Å². The summed E-state index contributed by atoms with van der Waals surface area (Å²) in [4.78, 5) is 15.4. The second-order valence-electron chi connectivity index (χ2n) is 5.71. The van der Waals surface area contributed by atoms with Gasteiger partial charge in [-0.05, 0) is 29.5 Å². The first-order chi connectivity index (χ1) is 13.3. The summed E-state index contributed by atoms with van der Waals surface area (Å²) in [7, 11) is 0. The topological polar surface area (TPSA) is 129 Å². The van der Waals surface area contributed by atoms with E-state index >= 15 is 0 Å². The summed E-state index contributed by atoms with van der Waals surface area (Å²) in [5.41, 5.74) is 5.95. The zero-order valence-electron chi connectivity index (χ0n) is 14.5. The molecule has 0 aliphatic heterocycles. The molecule has 3 aromatic rings. The number of ether oxygens (including phenoxy) is 1. The molecule has 3 N–H and O–H groups in total. The number of hydrogen-bond acceptors (Lipinski definition) is 7. The molecule has 2 heterocycles. The van der Waals surface area contributed by atoms with Crippen LogP contribution in [-0.4, -0.2) is 42.3 Å². The number of rotatable bonds is 7. The van der Waals surface area contributed by atoms with E-state index in [1.54, 1.807) is 0 Å². The molecule has 3 rings (SSSR count). The van der Waals surface area contributed by atoms with Gasteiger partial charge in [-0.3, -0.25) is 4.79 Å². The Labute approximate surface area is 173 Å². The highest BCUT2D eigenvalue weighted by atomic mass is 35.5. The minimum atomic E-state index is -1.04. The van der Waals surface area contributed by atoms with Gasteiger partial charge in [0.15, 0.2) is 17.4 Å². The number of carboxylic acids is 1. The third kappa shape index (κ3) is 5.79. The van der Waals surface area contributed by atoms with Crippen LogP contribution in [0.25, 0.3) is 11.4 Å². The number of aliphatic carboxylic acids is 1. The second kappa shape index (κ2) is 9.54. The lowest BCUT2D eigenvalue weighted by atomic mass is 10.2. The van der Waals surface area contributed by atoms with Crippen LogP contribution in [0.3, 0.4) is 0 Å². The van der Waals surface area contributed by atoms with E-state index in [9.17, 15) is 13.6 Å². The van der Waals surface area contributed by atoms with E-state index in [4.69, 9.17) is 27.2 Å². The van der Waals surface area contributed by atoms with Gasteiger partial charge in [0.25, 0.3) is 5.88 Å². The van der Waals surface area contributed by atoms with Gasteiger partial charge >= 0.3 is 5.97 Å². The Morgan fingerprint density at radius 3 is 2.72 bits per heavy atom. The number of carbonyl (C=O) groups is 1. The van der Waals surface area contributed by atoms with Gasteiger partial charge in [0.2, 0.25) is 5.82 Å². The van der Waals surface area contributed by atoms with E-state index in [0.717, 1.165) is 16.9 Å². The van der Waals surface area contributed by atoms with E-state index in [1.807, 2.05) is 0 Å². The van der Waals surface area contributed by atoms with Crippen LogP contribution in [0.5, 0.6) is 11.6 Å². The second-order valence-corrected chi connectivity index (χ2v) is 6.15. The fraction of sp³-hybridized carbons (Fsp3) is 0.188. The number of aromatic nitrogens is 5. The molecule has 1 atom stereocenters. The molecule has 0 spiro atoms. The van der Waals surface area contributed by atoms with Gasteiger partial charge in [0, 0.05) is 17.8 Å². The SMILES string of the molecule is Cl.NC(CC(=O)O)Cn1nnc(-c2ccc(Oc3ncc(Cl)cc3F)c(F)c2)n1. The molecule has 0 saturated heterocycles. The Balaban J connectivity index is 0.00000300. The first kappa shape index (κ1) is 22.4. The molecule has 9 nitrogen and oxygen atoms in total. The summed E-state index contributed by atoms with van der Waals surface area (Å²) in [6.45, 7) is 0.0322. The number of halogens is 4. The van der Waals surface area contributed by atoms with Crippen molar-refractivity contribution in [3.8, 4) is 23.0 Å². The molecular weight excluding hydrogens is 433 g/mol. The number of benzene rings is 1. The largest absolute Gasteiger partial charge is 0.481 e. The first-order valence-corrected chi connectivity index (χ1v) is 8.23. The average Bonchev–Trinajstić information content (AvgIpc) is 3.06.